The van der Waals surface area contributed by atoms with E-state index in [4.69, 9.17) is 0 Å². The van der Waals surface area contributed by atoms with E-state index >= 15 is 0 Å². The van der Waals surface area contributed by atoms with Crippen molar-refractivity contribution in [3.63, 3.8) is 0 Å². The van der Waals surface area contributed by atoms with Gasteiger partial charge < -0.3 is 0 Å². The first-order valence-electron chi connectivity index (χ1n) is 11.0. The summed E-state index contributed by atoms with van der Waals surface area (Å²) in [6.45, 7) is 4.33. The summed E-state index contributed by atoms with van der Waals surface area (Å²) in [4.78, 5) is 0. The lowest BCUT2D eigenvalue weighted by atomic mass is 9.97. The number of aromatic nitrogens is 2. The SMILES string of the molecule is Cc1cc(C)cc(-c2cc[n+]3c(c2)-c2ccccc2-[n+]2ccccc2-c2ccccc2-3)c1. The first-order valence-corrected chi connectivity index (χ1v) is 11.0. The number of benzene rings is 3. The van der Waals surface area contributed by atoms with E-state index in [9.17, 15) is 0 Å². The van der Waals surface area contributed by atoms with Gasteiger partial charge in [0.25, 0.3) is 0 Å². The highest BCUT2D eigenvalue weighted by atomic mass is 15.0. The van der Waals surface area contributed by atoms with E-state index in [2.05, 4.69) is 132 Å². The van der Waals surface area contributed by atoms with E-state index in [1.54, 1.807) is 0 Å². The number of nitrogens with zero attached hydrogens (tertiary/aromatic N) is 2. The molecule has 5 aromatic rings. The molecule has 0 amide bonds. The fourth-order valence-corrected chi connectivity index (χ4v) is 4.91. The molecule has 0 N–H and O–H groups in total. The lowest BCUT2D eigenvalue weighted by Crippen LogP contribution is -2.41. The maximum Gasteiger partial charge on any atom is 0.225 e. The van der Waals surface area contributed by atoms with Crippen LogP contribution in [0.15, 0.2) is 109 Å². The molecule has 0 atom stereocenters. The molecule has 6 rings (SSSR count). The van der Waals surface area contributed by atoms with Crippen LogP contribution >= 0.6 is 0 Å². The third-order valence-electron chi connectivity index (χ3n) is 6.25. The minimum Gasteiger partial charge on any atom is -0.159 e. The monoisotopic (exact) mass is 412 g/mol. The van der Waals surface area contributed by atoms with Gasteiger partial charge in [0.05, 0.1) is 0 Å². The molecule has 0 aliphatic carbocycles. The lowest BCUT2D eigenvalue weighted by molar-refractivity contribution is -0.598. The predicted octanol–water partition coefficient (Wildman–Crippen LogP) is 6.17. The molecule has 0 spiro atoms. The van der Waals surface area contributed by atoms with Crippen LogP contribution in [0.5, 0.6) is 0 Å². The number of hydrogen-bond acceptors (Lipinski definition) is 0. The Balaban J connectivity index is 1.71. The van der Waals surface area contributed by atoms with Crippen LogP contribution in [0, 0.1) is 13.8 Å². The molecule has 3 heterocycles. The second-order valence-electron chi connectivity index (χ2n) is 8.54. The topological polar surface area (TPSA) is 7.76 Å². The molecule has 0 saturated carbocycles. The van der Waals surface area contributed by atoms with Crippen molar-refractivity contribution < 1.29 is 9.13 Å². The van der Waals surface area contributed by atoms with Crippen molar-refractivity contribution in [2.24, 2.45) is 0 Å². The zero-order chi connectivity index (χ0) is 21.7. The van der Waals surface area contributed by atoms with Gasteiger partial charge in [0.2, 0.25) is 22.8 Å². The summed E-state index contributed by atoms with van der Waals surface area (Å²) in [5, 5.41) is 0. The molecule has 152 valence electrons. The molecule has 0 bridgehead atoms. The van der Waals surface area contributed by atoms with Gasteiger partial charge in [-0.15, -0.1) is 0 Å². The highest BCUT2D eigenvalue weighted by Gasteiger charge is 2.32. The average Bonchev–Trinajstić information content (AvgIpc) is 2.82. The van der Waals surface area contributed by atoms with Crippen molar-refractivity contribution >= 4 is 0 Å². The van der Waals surface area contributed by atoms with Gasteiger partial charge >= 0.3 is 0 Å². The van der Waals surface area contributed by atoms with Crippen molar-refractivity contribution in [1.29, 1.82) is 0 Å². The van der Waals surface area contributed by atoms with Crippen LogP contribution in [-0.4, -0.2) is 0 Å². The molecule has 2 heteroatoms. The lowest BCUT2D eigenvalue weighted by Gasteiger charge is -2.14. The first-order chi connectivity index (χ1) is 15.7. The van der Waals surface area contributed by atoms with Crippen LogP contribution in [0.3, 0.4) is 0 Å². The highest BCUT2D eigenvalue weighted by molar-refractivity contribution is 5.75. The summed E-state index contributed by atoms with van der Waals surface area (Å²) in [5.74, 6) is 0. The van der Waals surface area contributed by atoms with Crippen molar-refractivity contribution in [3.8, 4) is 45.0 Å². The molecule has 0 radical (unpaired) electrons. The Hall–Kier alpha value is -4.04. The van der Waals surface area contributed by atoms with Crippen LogP contribution < -0.4 is 9.13 Å². The van der Waals surface area contributed by atoms with E-state index in [1.165, 1.54) is 56.1 Å². The van der Waals surface area contributed by atoms with Crippen LogP contribution in [-0.2, 0) is 0 Å². The van der Waals surface area contributed by atoms with E-state index in [0.717, 1.165) is 0 Å². The van der Waals surface area contributed by atoms with Crippen molar-refractivity contribution in [1.82, 2.24) is 0 Å². The molecular weight excluding hydrogens is 388 g/mol. The maximum absolute atomic E-state index is 2.33. The normalized spacial score (nSPS) is 11.4. The van der Waals surface area contributed by atoms with Gasteiger partial charge in [-0.05, 0) is 43.2 Å². The number of para-hydroxylation sites is 2. The quantitative estimate of drug-likeness (QED) is 0.285. The van der Waals surface area contributed by atoms with Gasteiger partial charge in [-0.1, -0.05) is 53.6 Å². The Labute approximate surface area is 188 Å². The number of pyridine rings is 2. The van der Waals surface area contributed by atoms with Crippen LogP contribution in [0.2, 0.25) is 0 Å². The van der Waals surface area contributed by atoms with Crippen LogP contribution in [0.1, 0.15) is 11.1 Å². The van der Waals surface area contributed by atoms with Gasteiger partial charge in [-0.3, -0.25) is 0 Å². The Morgan fingerprint density at radius 3 is 1.78 bits per heavy atom. The number of aryl methyl sites for hydroxylation is 2. The minimum atomic E-state index is 1.18. The summed E-state index contributed by atoms with van der Waals surface area (Å²) in [7, 11) is 0. The molecule has 2 nitrogen and oxygen atoms in total. The van der Waals surface area contributed by atoms with Crippen molar-refractivity contribution in [2.45, 2.75) is 13.8 Å². The van der Waals surface area contributed by atoms with Gasteiger partial charge in [0, 0.05) is 36.4 Å². The predicted molar refractivity (Wildman–Crippen MR) is 129 cm³/mol. The Kier molecular flexibility index (Phi) is 4.26. The zero-order valence-electron chi connectivity index (χ0n) is 18.3. The summed E-state index contributed by atoms with van der Waals surface area (Å²) in [5.41, 5.74) is 12.2. The number of rotatable bonds is 1. The molecule has 1 aliphatic rings. The van der Waals surface area contributed by atoms with E-state index in [0.29, 0.717) is 0 Å². The summed E-state index contributed by atoms with van der Waals surface area (Å²) < 4.78 is 4.64. The Morgan fingerprint density at radius 2 is 1.06 bits per heavy atom. The van der Waals surface area contributed by atoms with Gasteiger partial charge in [0.15, 0.2) is 12.4 Å². The van der Waals surface area contributed by atoms with Gasteiger partial charge in [0.1, 0.15) is 11.1 Å². The molecule has 32 heavy (non-hydrogen) atoms. The third-order valence-corrected chi connectivity index (χ3v) is 6.25. The molecular formula is C30H24N2+2. The first kappa shape index (κ1) is 18.7. The maximum atomic E-state index is 2.33. The third kappa shape index (κ3) is 2.96. The zero-order valence-corrected chi connectivity index (χ0v) is 18.3. The molecule has 0 unspecified atom stereocenters. The molecule has 3 aromatic carbocycles. The van der Waals surface area contributed by atoms with E-state index in [-0.39, 0.29) is 0 Å². The average molecular weight is 413 g/mol. The minimum absolute atomic E-state index is 1.18. The fourth-order valence-electron chi connectivity index (χ4n) is 4.91. The van der Waals surface area contributed by atoms with Crippen molar-refractivity contribution in [3.05, 3.63) is 121 Å². The van der Waals surface area contributed by atoms with Crippen LogP contribution in [0.25, 0.3) is 45.0 Å². The smallest absolute Gasteiger partial charge is 0.159 e. The highest BCUT2D eigenvalue weighted by Crippen LogP contribution is 2.32. The van der Waals surface area contributed by atoms with E-state index in [1.807, 2.05) is 0 Å². The summed E-state index contributed by atoms with van der Waals surface area (Å²) in [6, 6.07) is 35.1. The van der Waals surface area contributed by atoms with Crippen molar-refractivity contribution in [2.75, 3.05) is 0 Å². The molecule has 0 saturated heterocycles. The summed E-state index contributed by atoms with van der Waals surface area (Å²) in [6.07, 6.45) is 4.38. The molecule has 0 fully saturated rings. The van der Waals surface area contributed by atoms with Crippen LogP contribution in [0.4, 0.5) is 0 Å². The largest absolute Gasteiger partial charge is 0.225 e. The Morgan fingerprint density at radius 1 is 0.469 bits per heavy atom. The van der Waals surface area contributed by atoms with E-state index < -0.39 is 0 Å². The second kappa shape index (κ2) is 7.28. The molecule has 1 aliphatic heterocycles. The summed E-state index contributed by atoms with van der Waals surface area (Å²) >= 11 is 0. The number of fused-ring (bicyclic) bond motifs is 8. The Bertz CT molecular complexity index is 1470. The molecule has 2 aromatic heterocycles. The number of hydrogen-bond donors (Lipinski definition) is 0. The fraction of sp³-hybridized carbons (Fsp3) is 0.0667. The standard InChI is InChI=1S/C30H24N2/c1-21-17-22(2)19-24(18-21)23-14-16-32-28-11-5-3-9-25(28)27-13-7-8-15-31(27)29-12-6-4-10-26(29)30(32)20-23/h3-20H,1-2H3/q+2. The van der Waals surface area contributed by atoms with Gasteiger partial charge in [-0.2, -0.15) is 9.13 Å². The second-order valence-corrected chi connectivity index (χ2v) is 8.54. The van der Waals surface area contributed by atoms with Gasteiger partial charge in [-0.25, -0.2) is 0 Å².